The first-order valence-corrected chi connectivity index (χ1v) is 5.50. The summed E-state index contributed by atoms with van der Waals surface area (Å²) in [5.74, 6) is 0.714. The maximum Gasteiger partial charge on any atom is 0.0794 e. The van der Waals surface area contributed by atoms with Crippen LogP contribution in [0, 0.1) is 0 Å². The number of aromatic nitrogens is 1. The minimum absolute atomic E-state index is 0.714. The predicted octanol–water partition coefficient (Wildman–Crippen LogP) is 2.00. The summed E-state index contributed by atoms with van der Waals surface area (Å²) in [4.78, 5) is 4.37. The fourth-order valence-electron chi connectivity index (χ4n) is 1.74. The van der Waals surface area contributed by atoms with Crippen LogP contribution in [0.15, 0.2) is 10.9 Å². The summed E-state index contributed by atoms with van der Waals surface area (Å²) in [6.45, 7) is 2.34. The van der Waals surface area contributed by atoms with E-state index < -0.39 is 0 Å². The van der Waals surface area contributed by atoms with Gasteiger partial charge in [0, 0.05) is 11.3 Å². The molecule has 2 heterocycles. The van der Waals surface area contributed by atoms with Gasteiger partial charge in [0.05, 0.1) is 11.2 Å². The second kappa shape index (κ2) is 4.01. The highest BCUT2D eigenvalue weighted by atomic mass is 32.1. The third-order valence-electron chi connectivity index (χ3n) is 2.45. The lowest BCUT2D eigenvalue weighted by Crippen LogP contribution is -2.13. The van der Waals surface area contributed by atoms with Crippen LogP contribution in [0.2, 0.25) is 0 Å². The summed E-state index contributed by atoms with van der Waals surface area (Å²) < 4.78 is 0. The van der Waals surface area contributed by atoms with Crippen molar-refractivity contribution in [3.63, 3.8) is 0 Å². The highest BCUT2D eigenvalue weighted by molar-refractivity contribution is 7.07. The van der Waals surface area contributed by atoms with Crippen molar-refractivity contribution in [2.75, 3.05) is 13.1 Å². The number of rotatable bonds is 1. The molecule has 1 aromatic rings. The first-order chi connectivity index (χ1) is 5.97. The second-order valence-electron chi connectivity index (χ2n) is 3.29. The lowest BCUT2D eigenvalue weighted by molar-refractivity contribution is 0.597. The van der Waals surface area contributed by atoms with Crippen LogP contribution in [0.5, 0.6) is 0 Å². The number of hydrogen-bond acceptors (Lipinski definition) is 3. The lowest BCUT2D eigenvalue weighted by Gasteiger charge is -2.09. The average molecular weight is 182 g/mol. The monoisotopic (exact) mass is 182 g/mol. The van der Waals surface area contributed by atoms with Gasteiger partial charge >= 0.3 is 0 Å². The molecular formula is C9H14N2S. The van der Waals surface area contributed by atoms with Gasteiger partial charge in [-0.05, 0) is 32.4 Å². The highest BCUT2D eigenvalue weighted by Gasteiger charge is 2.14. The molecule has 0 saturated carbocycles. The third-order valence-corrected chi connectivity index (χ3v) is 3.05. The molecule has 1 fully saturated rings. The van der Waals surface area contributed by atoms with Crippen LogP contribution in [0.1, 0.15) is 30.9 Å². The van der Waals surface area contributed by atoms with Gasteiger partial charge in [-0.25, -0.2) is 4.98 Å². The molecule has 1 saturated heterocycles. The fraction of sp³-hybridized carbons (Fsp3) is 0.667. The maximum absolute atomic E-state index is 4.37. The van der Waals surface area contributed by atoms with Gasteiger partial charge in [-0.2, -0.15) is 0 Å². The van der Waals surface area contributed by atoms with Crippen LogP contribution >= 0.6 is 11.3 Å². The number of hydrogen-bond donors (Lipinski definition) is 1. The minimum atomic E-state index is 0.714. The van der Waals surface area contributed by atoms with E-state index in [-0.39, 0.29) is 0 Å². The van der Waals surface area contributed by atoms with Crippen LogP contribution in [0.4, 0.5) is 0 Å². The summed E-state index contributed by atoms with van der Waals surface area (Å²) in [5.41, 5.74) is 3.25. The van der Waals surface area contributed by atoms with E-state index in [0.29, 0.717) is 5.92 Å². The Morgan fingerprint density at radius 3 is 3.25 bits per heavy atom. The zero-order chi connectivity index (χ0) is 8.23. The SMILES string of the molecule is c1nc(C2CCCNCC2)cs1. The van der Waals surface area contributed by atoms with Gasteiger partial charge < -0.3 is 5.32 Å². The number of nitrogens with zero attached hydrogens (tertiary/aromatic N) is 1. The lowest BCUT2D eigenvalue weighted by atomic mass is 9.98. The Morgan fingerprint density at radius 1 is 1.42 bits per heavy atom. The third kappa shape index (κ3) is 1.84. The van der Waals surface area contributed by atoms with Crippen LogP contribution in [0.3, 0.4) is 0 Å². The summed E-state index contributed by atoms with van der Waals surface area (Å²) in [6.07, 6.45) is 3.85. The summed E-state index contributed by atoms with van der Waals surface area (Å²) in [6, 6.07) is 0. The van der Waals surface area contributed by atoms with Crippen molar-refractivity contribution >= 4 is 11.3 Å². The van der Waals surface area contributed by atoms with E-state index in [1.165, 1.54) is 31.5 Å². The largest absolute Gasteiger partial charge is 0.317 e. The van der Waals surface area contributed by atoms with E-state index in [1.54, 1.807) is 11.3 Å². The highest BCUT2D eigenvalue weighted by Crippen LogP contribution is 2.25. The molecule has 2 rings (SSSR count). The van der Waals surface area contributed by atoms with Crippen molar-refractivity contribution in [3.8, 4) is 0 Å². The van der Waals surface area contributed by atoms with Gasteiger partial charge in [-0.3, -0.25) is 0 Å². The number of nitrogens with one attached hydrogen (secondary N) is 1. The van der Waals surface area contributed by atoms with Crippen molar-refractivity contribution < 1.29 is 0 Å². The average Bonchev–Trinajstić information content (AvgIpc) is 2.48. The van der Waals surface area contributed by atoms with Crippen LogP contribution in [-0.2, 0) is 0 Å². The fourth-order valence-corrected chi connectivity index (χ4v) is 2.37. The molecule has 0 aliphatic carbocycles. The van der Waals surface area contributed by atoms with Gasteiger partial charge in [0.1, 0.15) is 0 Å². The molecule has 0 spiro atoms. The Kier molecular flexibility index (Phi) is 2.74. The Hall–Kier alpha value is -0.410. The minimum Gasteiger partial charge on any atom is -0.317 e. The molecule has 0 radical (unpaired) electrons. The molecule has 1 unspecified atom stereocenters. The van der Waals surface area contributed by atoms with Crippen LogP contribution < -0.4 is 5.32 Å². The van der Waals surface area contributed by atoms with E-state index in [1.807, 2.05) is 5.51 Å². The van der Waals surface area contributed by atoms with E-state index in [0.717, 1.165) is 6.54 Å². The molecule has 2 nitrogen and oxygen atoms in total. The summed E-state index contributed by atoms with van der Waals surface area (Å²) in [7, 11) is 0. The molecule has 1 aliphatic heterocycles. The standard InChI is InChI=1S/C9H14N2S/c1-2-8(3-5-10-4-1)9-6-12-7-11-9/h6-8,10H,1-5H2. The second-order valence-corrected chi connectivity index (χ2v) is 4.01. The van der Waals surface area contributed by atoms with Gasteiger partial charge in [-0.1, -0.05) is 0 Å². The summed E-state index contributed by atoms with van der Waals surface area (Å²) >= 11 is 1.71. The van der Waals surface area contributed by atoms with Crippen molar-refractivity contribution in [2.45, 2.75) is 25.2 Å². The molecule has 0 aromatic carbocycles. The Balaban J connectivity index is 2.02. The molecule has 0 bridgehead atoms. The molecule has 0 amide bonds. The maximum atomic E-state index is 4.37. The molecule has 3 heteroatoms. The first kappa shape index (κ1) is 8.20. The predicted molar refractivity (Wildman–Crippen MR) is 51.6 cm³/mol. The van der Waals surface area contributed by atoms with E-state index in [4.69, 9.17) is 0 Å². The number of thiazole rings is 1. The zero-order valence-corrected chi connectivity index (χ0v) is 7.94. The van der Waals surface area contributed by atoms with Gasteiger partial charge in [-0.15, -0.1) is 11.3 Å². The Morgan fingerprint density at radius 2 is 2.42 bits per heavy atom. The molecule has 1 N–H and O–H groups in total. The van der Waals surface area contributed by atoms with Gasteiger partial charge in [0.2, 0.25) is 0 Å². The van der Waals surface area contributed by atoms with Crippen LogP contribution in [0.25, 0.3) is 0 Å². The van der Waals surface area contributed by atoms with Crippen molar-refractivity contribution in [1.29, 1.82) is 0 Å². The molecular weight excluding hydrogens is 168 g/mol. The van der Waals surface area contributed by atoms with Crippen LogP contribution in [-0.4, -0.2) is 18.1 Å². The smallest absolute Gasteiger partial charge is 0.0794 e. The normalized spacial score (nSPS) is 25.2. The topological polar surface area (TPSA) is 24.9 Å². The van der Waals surface area contributed by atoms with E-state index in [9.17, 15) is 0 Å². The van der Waals surface area contributed by atoms with Crippen molar-refractivity contribution in [3.05, 3.63) is 16.6 Å². The van der Waals surface area contributed by atoms with Crippen molar-refractivity contribution in [2.24, 2.45) is 0 Å². The Labute approximate surface area is 77.0 Å². The van der Waals surface area contributed by atoms with E-state index in [2.05, 4.69) is 15.7 Å². The summed E-state index contributed by atoms with van der Waals surface area (Å²) in [5, 5.41) is 5.61. The first-order valence-electron chi connectivity index (χ1n) is 4.55. The van der Waals surface area contributed by atoms with Gasteiger partial charge in [0.25, 0.3) is 0 Å². The zero-order valence-electron chi connectivity index (χ0n) is 7.12. The molecule has 1 aromatic heterocycles. The van der Waals surface area contributed by atoms with Crippen molar-refractivity contribution in [1.82, 2.24) is 10.3 Å². The molecule has 1 aliphatic rings. The van der Waals surface area contributed by atoms with E-state index >= 15 is 0 Å². The molecule has 66 valence electrons. The molecule has 12 heavy (non-hydrogen) atoms. The van der Waals surface area contributed by atoms with Gasteiger partial charge in [0.15, 0.2) is 0 Å². The molecule has 1 atom stereocenters. The quantitative estimate of drug-likeness (QED) is 0.718. The Bertz CT molecular complexity index is 212.